The normalized spacial score (nSPS) is 10.5. The van der Waals surface area contributed by atoms with Gasteiger partial charge in [0.25, 0.3) is 0 Å². The van der Waals surface area contributed by atoms with Crippen LogP contribution in [0.5, 0.6) is 0 Å². The van der Waals surface area contributed by atoms with Gasteiger partial charge in [0.1, 0.15) is 5.82 Å². The van der Waals surface area contributed by atoms with E-state index in [2.05, 4.69) is 20.8 Å². The molecule has 0 saturated heterocycles. The van der Waals surface area contributed by atoms with Crippen molar-refractivity contribution in [2.75, 3.05) is 0 Å². The molecular formula is C9H11BrFNO. The smallest absolute Gasteiger partial charge is 0.142 e. The lowest BCUT2D eigenvalue weighted by Crippen LogP contribution is -2.02. The highest BCUT2D eigenvalue weighted by atomic mass is 79.9. The average molecular weight is 248 g/mol. The molecule has 0 unspecified atom stereocenters. The van der Waals surface area contributed by atoms with Crippen LogP contribution < -0.4 is 5.90 Å². The average Bonchev–Trinajstić information content (AvgIpc) is 2.13. The third-order valence-electron chi connectivity index (χ3n) is 1.81. The molecule has 13 heavy (non-hydrogen) atoms. The summed E-state index contributed by atoms with van der Waals surface area (Å²) in [4.78, 5) is 4.40. The van der Waals surface area contributed by atoms with Gasteiger partial charge in [-0.3, -0.25) is 4.84 Å². The zero-order valence-corrected chi connectivity index (χ0v) is 8.90. The number of nitrogens with two attached hydrogens (primary N) is 1. The second kappa shape index (κ2) is 4.69. The molecule has 0 spiro atoms. The van der Waals surface area contributed by atoms with Crippen LogP contribution in [0, 0.1) is 5.82 Å². The quantitative estimate of drug-likeness (QED) is 0.834. The summed E-state index contributed by atoms with van der Waals surface area (Å²) in [6.45, 7) is 2.10. The van der Waals surface area contributed by atoms with Crippen molar-refractivity contribution < 1.29 is 9.23 Å². The van der Waals surface area contributed by atoms with Crippen molar-refractivity contribution in [3.05, 3.63) is 33.5 Å². The second-order valence-corrected chi connectivity index (χ2v) is 3.57. The minimum absolute atomic E-state index is 0.0955. The molecule has 2 N–H and O–H groups in total. The molecule has 0 aromatic heterocycles. The van der Waals surface area contributed by atoms with Crippen molar-refractivity contribution in [3.63, 3.8) is 0 Å². The predicted octanol–water partition coefficient (Wildman–Crippen LogP) is 2.54. The molecule has 1 rings (SSSR count). The lowest BCUT2D eigenvalue weighted by Gasteiger charge is -2.06. The van der Waals surface area contributed by atoms with Crippen LogP contribution >= 0.6 is 15.9 Å². The number of hydrogen-bond donors (Lipinski definition) is 1. The van der Waals surface area contributed by atoms with Crippen molar-refractivity contribution in [2.24, 2.45) is 5.90 Å². The minimum atomic E-state index is -0.303. The topological polar surface area (TPSA) is 35.2 Å². The number of halogens is 2. The first kappa shape index (κ1) is 10.6. The monoisotopic (exact) mass is 247 g/mol. The molecule has 1 aromatic rings. The van der Waals surface area contributed by atoms with Gasteiger partial charge in [-0.25, -0.2) is 10.3 Å². The van der Waals surface area contributed by atoms with Crippen LogP contribution in [-0.2, 0) is 17.9 Å². The van der Waals surface area contributed by atoms with Crippen LogP contribution in [0.15, 0.2) is 16.6 Å². The van der Waals surface area contributed by atoms with Crippen molar-refractivity contribution in [1.82, 2.24) is 0 Å². The van der Waals surface area contributed by atoms with E-state index < -0.39 is 0 Å². The van der Waals surface area contributed by atoms with Gasteiger partial charge in [-0.2, -0.15) is 0 Å². The van der Waals surface area contributed by atoms with E-state index in [0.29, 0.717) is 10.0 Å². The highest BCUT2D eigenvalue weighted by molar-refractivity contribution is 9.10. The minimum Gasteiger partial charge on any atom is -0.300 e. The van der Waals surface area contributed by atoms with Gasteiger partial charge in [-0.1, -0.05) is 13.0 Å². The SMILES string of the molecule is CCc1cc(Br)c(F)c(CON)c1. The molecule has 0 atom stereocenters. The van der Waals surface area contributed by atoms with Crippen molar-refractivity contribution >= 4 is 15.9 Å². The summed E-state index contributed by atoms with van der Waals surface area (Å²) in [6, 6.07) is 3.52. The van der Waals surface area contributed by atoms with Crippen LogP contribution in [0.1, 0.15) is 18.1 Å². The number of rotatable bonds is 3. The maximum absolute atomic E-state index is 13.3. The van der Waals surface area contributed by atoms with Crippen LogP contribution in [0.25, 0.3) is 0 Å². The maximum Gasteiger partial charge on any atom is 0.142 e. The van der Waals surface area contributed by atoms with Gasteiger partial charge < -0.3 is 0 Å². The maximum atomic E-state index is 13.3. The Morgan fingerprint density at radius 2 is 2.23 bits per heavy atom. The summed E-state index contributed by atoms with van der Waals surface area (Å²) in [7, 11) is 0. The molecule has 72 valence electrons. The first-order valence-corrected chi connectivity index (χ1v) is 4.76. The van der Waals surface area contributed by atoms with Gasteiger partial charge in [-0.15, -0.1) is 0 Å². The molecule has 0 heterocycles. The van der Waals surface area contributed by atoms with Gasteiger partial charge in [0, 0.05) is 5.56 Å². The molecule has 0 aliphatic rings. The number of hydrogen-bond acceptors (Lipinski definition) is 2. The molecule has 4 heteroatoms. The van der Waals surface area contributed by atoms with E-state index in [1.165, 1.54) is 0 Å². The van der Waals surface area contributed by atoms with E-state index >= 15 is 0 Å². The van der Waals surface area contributed by atoms with Crippen LogP contribution in [0.4, 0.5) is 4.39 Å². The Labute approximate surface area is 85.0 Å². The summed E-state index contributed by atoms with van der Waals surface area (Å²) in [6.07, 6.45) is 0.858. The zero-order chi connectivity index (χ0) is 9.84. The fourth-order valence-corrected chi connectivity index (χ4v) is 1.66. The molecular weight excluding hydrogens is 237 g/mol. The number of benzene rings is 1. The first-order valence-electron chi connectivity index (χ1n) is 3.97. The van der Waals surface area contributed by atoms with Gasteiger partial charge in [0.05, 0.1) is 11.1 Å². The Balaban J connectivity index is 3.09. The molecule has 0 saturated carbocycles. The highest BCUT2D eigenvalue weighted by Crippen LogP contribution is 2.22. The van der Waals surface area contributed by atoms with E-state index in [-0.39, 0.29) is 12.4 Å². The lowest BCUT2D eigenvalue weighted by molar-refractivity contribution is 0.121. The Morgan fingerprint density at radius 3 is 2.77 bits per heavy atom. The lowest BCUT2D eigenvalue weighted by atomic mass is 10.1. The third kappa shape index (κ3) is 2.49. The van der Waals surface area contributed by atoms with Crippen molar-refractivity contribution in [2.45, 2.75) is 20.0 Å². The predicted molar refractivity (Wildman–Crippen MR) is 52.5 cm³/mol. The van der Waals surface area contributed by atoms with E-state index in [1.54, 1.807) is 12.1 Å². The molecule has 0 fully saturated rings. The van der Waals surface area contributed by atoms with E-state index in [0.717, 1.165) is 12.0 Å². The molecule has 2 nitrogen and oxygen atoms in total. The fourth-order valence-electron chi connectivity index (χ4n) is 1.11. The largest absolute Gasteiger partial charge is 0.300 e. The molecule has 1 aromatic carbocycles. The first-order chi connectivity index (χ1) is 6.19. The Morgan fingerprint density at radius 1 is 1.54 bits per heavy atom. The molecule has 0 radical (unpaired) electrons. The summed E-state index contributed by atoms with van der Waals surface area (Å²) < 4.78 is 13.8. The van der Waals surface area contributed by atoms with Gasteiger partial charge in [0.2, 0.25) is 0 Å². The van der Waals surface area contributed by atoms with Gasteiger partial charge >= 0.3 is 0 Å². The molecule has 0 aliphatic carbocycles. The summed E-state index contributed by atoms with van der Waals surface area (Å²) in [5, 5.41) is 0. The van der Waals surface area contributed by atoms with Crippen molar-refractivity contribution in [3.8, 4) is 0 Å². The summed E-state index contributed by atoms with van der Waals surface area (Å²) in [5.74, 6) is 4.59. The summed E-state index contributed by atoms with van der Waals surface area (Å²) in [5.41, 5.74) is 1.54. The van der Waals surface area contributed by atoms with Crippen LogP contribution in [0.2, 0.25) is 0 Å². The number of aryl methyl sites for hydroxylation is 1. The Kier molecular flexibility index (Phi) is 3.84. The standard InChI is InChI=1S/C9H11BrFNO/c1-2-6-3-7(5-13-12)9(11)8(10)4-6/h3-4H,2,5,12H2,1H3. The van der Waals surface area contributed by atoms with Gasteiger partial charge in [0.15, 0.2) is 0 Å². The second-order valence-electron chi connectivity index (χ2n) is 2.72. The van der Waals surface area contributed by atoms with Crippen LogP contribution in [0.3, 0.4) is 0 Å². The summed E-state index contributed by atoms with van der Waals surface area (Å²) >= 11 is 3.14. The molecule has 0 amide bonds. The molecule has 0 aliphatic heterocycles. The molecule has 0 bridgehead atoms. The van der Waals surface area contributed by atoms with Gasteiger partial charge in [-0.05, 0) is 34.0 Å². The zero-order valence-electron chi connectivity index (χ0n) is 7.31. The Hall–Kier alpha value is -0.450. The van der Waals surface area contributed by atoms with E-state index in [1.807, 2.05) is 6.92 Å². The highest BCUT2D eigenvalue weighted by Gasteiger charge is 2.07. The van der Waals surface area contributed by atoms with E-state index in [4.69, 9.17) is 5.90 Å². The third-order valence-corrected chi connectivity index (χ3v) is 2.39. The van der Waals surface area contributed by atoms with E-state index in [9.17, 15) is 4.39 Å². The van der Waals surface area contributed by atoms with Crippen LogP contribution in [-0.4, -0.2) is 0 Å². The fraction of sp³-hybridized carbons (Fsp3) is 0.333. The Bertz CT molecular complexity index is 304. The van der Waals surface area contributed by atoms with Crippen molar-refractivity contribution in [1.29, 1.82) is 0 Å².